The molecule has 3 heterocycles. The zero-order chi connectivity index (χ0) is 21.8. The molecule has 2 aliphatic heterocycles. The van der Waals surface area contributed by atoms with Crippen molar-refractivity contribution in [1.29, 1.82) is 0 Å². The molecule has 0 N–H and O–H groups in total. The molecule has 2 aliphatic rings. The van der Waals surface area contributed by atoms with Gasteiger partial charge in [-0.2, -0.15) is 8.78 Å². The van der Waals surface area contributed by atoms with Crippen LogP contribution in [0.25, 0.3) is 6.08 Å². The van der Waals surface area contributed by atoms with Crippen molar-refractivity contribution in [2.24, 2.45) is 4.99 Å². The molecule has 1 aromatic heterocycles. The molecule has 0 spiro atoms. The number of methoxy groups -OCH3 is 1. The van der Waals surface area contributed by atoms with Gasteiger partial charge in [0.25, 0.3) is 5.56 Å². The lowest BCUT2D eigenvalue weighted by molar-refractivity contribution is -0.0512. The minimum absolute atomic E-state index is 0.0673. The van der Waals surface area contributed by atoms with Crippen LogP contribution in [0.5, 0.6) is 17.2 Å². The summed E-state index contributed by atoms with van der Waals surface area (Å²) in [6.07, 6.45) is 2.27. The van der Waals surface area contributed by atoms with Gasteiger partial charge in [-0.05, 0) is 36.8 Å². The lowest BCUT2D eigenvalue weighted by Crippen LogP contribution is -2.49. The van der Waals surface area contributed by atoms with E-state index in [4.69, 9.17) is 14.5 Å². The van der Waals surface area contributed by atoms with E-state index in [1.165, 1.54) is 24.5 Å². The van der Waals surface area contributed by atoms with Crippen LogP contribution in [-0.4, -0.2) is 24.0 Å². The number of benzene rings is 2. The van der Waals surface area contributed by atoms with Crippen LogP contribution in [0, 0.1) is 0 Å². The number of ether oxygens (including phenoxy) is 3. The first-order valence-corrected chi connectivity index (χ1v) is 10.4. The zero-order valence-electron chi connectivity index (χ0n) is 16.7. The molecule has 0 saturated heterocycles. The second kappa shape index (κ2) is 7.19. The maximum Gasteiger partial charge on any atom is 0.387 e. The van der Waals surface area contributed by atoms with Crippen LogP contribution in [0.15, 0.2) is 52.3 Å². The largest absolute Gasteiger partial charge is 0.493 e. The Kier molecular flexibility index (Phi) is 4.58. The summed E-state index contributed by atoms with van der Waals surface area (Å²) in [7, 11) is 1.37. The van der Waals surface area contributed by atoms with Crippen LogP contribution in [-0.2, 0) is 0 Å². The normalized spacial score (nSPS) is 21.7. The molecule has 0 saturated carbocycles. The van der Waals surface area contributed by atoms with Crippen LogP contribution < -0.4 is 29.1 Å². The first-order valence-electron chi connectivity index (χ1n) is 9.61. The molecule has 9 heteroatoms. The molecule has 2 atom stereocenters. The van der Waals surface area contributed by atoms with Crippen molar-refractivity contribution in [2.45, 2.75) is 31.7 Å². The van der Waals surface area contributed by atoms with Gasteiger partial charge in [-0.25, -0.2) is 4.99 Å². The highest BCUT2D eigenvalue weighted by molar-refractivity contribution is 7.07. The second-order valence-electron chi connectivity index (χ2n) is 7.50. The minimum atomic E-state index is -2.95. The lowest BCUT2D eigenvalue weighted by Gasteiger charge is -2.39. The number of rotatable bonds is 4. The number of fused-ring (bicyclic) bond motifs is 6. The maximum atomic E-state index is 13.3. The Morgan fingerprint density at radius 3 is 2.87 bits per heavy atom. The number of hydrogen-bond acceptors (Lipinski definition) is 6. The molecule has 0 aliphatic carbocycles. The predicted molar refractivity (Wildman–Crippen MR) is 111 cm³/mol. The highest BCUT2D eigenvalue weighted by Crippen LogP contribution is 2.42. The molecule has 2 bridgehead atoms. The second-order valence-corrected chi connectivity index (χ2v) is 8.51. The number of nitrogens with zero attached hydrogens (tertiary/aromatic N) is 2. The van der Waals surface area contributed by atoms with Crippen LogP contribution in [0.2, 0.25) is 0 Å². The van der Waals surface area contributed by atoms with E-state index in [1.54, 1.807) is 22.8 Å². The number of hydrogen-bond donors (Lipinski definition) is 0. The van der Waals surface area contributed by atoms with Gasteiger partial charge in [0.15, 0.2) is 16.3 Å². The van der Waals surface area contributed by atoms with Crippen molar-refractivity contribution in [3.05, 3.63) is 73.3 Å². The van der Waals surface area contributed by atoms with Crippen molar-refractivity contribution < 1.29 is 23.0 Å². The van der Waals surface area contributed by atoms with Crippen molar-refractivity contribution >= 4 is 17.4 Å². The van der Waals surface area contributed by atoms with Crippen molar-refractivity contribution in [1.82, 2.24) is 4.57 Å². The van der Waals surface area contributed by atoms with Crippen molar-refractivity contribution in [2.75, 3.05) is 7.11 Å². The van der Waals surface area contributed by atoms with E-state index in [2.05, 4.69) is 4.74 Å². The maximum absolute atomic E-state index is 13.3. The third-order valence-corrected chi connectivity index (χ3v) is 6.35. The van der Waals surface area contributed by atoms with E-state index in [9.17, 15) is 13.6 Å². The van der Waals surface area contributed by atoms with E-state index >= 15 is 0 Å². The fraction of sp³-hybridized carbons (Fsp3) is 0.273. The van der Waals surface area contributed by atoms with Gasteiger partial charge in [0, 0.05) is 12.0 Å². The summed E-state index contributed by atoms with van der Waals surface area (Å²) in [6, 6.07) is 12.1. The SMILES string of the molecule is COc1cc(/C=c2\sc3n(c2=O)C2CC(C)(N=3)Oc3ccccc32)ccc1OC(F)F. The monoisotopic (exact) mass is 444 g/mol. The van der Waals surface area contributed by atoms with E-state index in [-0.39, 0.29) is 23.1 Å². The summed E-state index contributed by atoms with van der Waals surface area (Å²) < 4.78 is 43.0. The van der Waals surface area contributed by atoms with Gasteiger partial charge in [-0.15, -0.1) is 0 Å². The topological polar surface area (TPSA) is 62.1 Å². The quantitative estimate of drug-likeness (QED) is 0.621. The third kappa shape index (κ3) is 3.38. The fourth-order valence-corrected chi connectivity index (χ4v) is 5.18. The highest BCUT2D eigenvalue weighted by Gasteiger charge is 2.42. The molecule has 31 heavy (non-hydrogen) atoms. The number of halogens is 2. The highest BCUT2D eigenvalue weighted by atomic mass is 32.1. The molecular formula is C22H18F2N2O4S. The molecule has 2 unspecified atom stereocenters. The molecule has 160 valence electrons. The summed E-state index contributed by atoms with van der Waals surface area (Å²) >= 11 is 1.27. The smallest absolute Gasteiger partial charge is 0.387 e. The van der Waals surface area contributed by atoms with Crippen LogP contribution in [0.3, 0.4) is 0 Å². The lowest BCUT2D eigenvalue weighted by atomic mass is 9.93. The van der Waals surface area contributed by atoms with Crippen molar-refractivity contribution in [3.8, 4) is 17.2 Å². The van der Waals surface area contributed by atoms with Gasteiger partial charge in [0.1, 0.15) is 5.75 Å². The summed E-state index contributed by atoms with van der Waals surface area (Å²) in [5, 5.41) is 0. The van der Waals surface area contributed by atoms with E-state index < -0.39 is 12.3 Å². The third-order valence-electron chi connectivity index (χ3n) is 5.36. The summed E-state index contributed by atoms with van der Waals surface area (Å²) in [5.41, 5.74) is 0.697. The van der Waals surface area contributed by atoms with Crippen LogP contribution in [0.1, 0.15) is 30.5 Å². The average molecular weight is 444 g/mol. The molecule has 2 aromatic carbocycles. The van der Waals surface area contributed by atoms with Crippen LogP contribution in [0.4, 0.5) is 8.78 Å². The van der Waals surface area contributed by atoms with E-state index in [0.717, 1.165) is 11.3 Å². The molecular weight excluding hydrogens is 426 g/mol. The Balaban J connectivity index is 1.63. The van der Waals surface area contributed by atoms with Gasteiger partial charge in [0.05, 0.1) is 17.7 Å². The first-order chi connectivity index (χ1) is 14.9. The Bertz CT molecular complexity index is 1350. The van der Waals surface area contributed by atoms with Gasteiger partial charge in [0.2, 0.25) is 5.72 Å². The average Bonchev–Trinajstić information content (AvgIpc) is 3.02. The van der Waals surface area contributed by atoms with Gasteiger partial charge in [-0.1, -0.05) is 35.6 Å². The standard InChI is InChI=1S/C22H18F2N2O4S/c1-22-11-14(13-5-3-4-6-15(13)30-22)26-19(27)18(31-21(26)25-22)10-12-7-8-16(29-20(23)24)17(9-12)28-2/h3-10,14,20H,11H2,1-2H3/b18-10-. The van der Waals surface area contributed by atoms with Crippen molar-refractivity contribution in [3.63, 3.8) is 0 Å². The Morgan fingerprint density at radius 2 is 2.10 bits per heavy atom. The fourth-order valence-electron chi connectivity index (χ4n) is 4.06. The molecule has 0 radical (unpaired) electrons. The van der Waals surface area contributed by atoms with E-state index in [1.807, 2.05) is 31.2 Å². The van der Waals surface area contributed by atoms with Gasteiger partial charge in [-0.3, -0.25) is 9.36 Å². The zero-order valence-corrected chi connectivity index (χ0v) is 17.5. The molecule has 3 aromatic rings. The van der Waals surface area contributed by atoms with Gasteiger partial charge < -0.3 is 14.2 Å². The summed E-state index contributed by atoms with van der Waals surface area (Å²) in [5.74, 6) is 0.826. The predicted octanol–water partition coefficient (Wildman–Crippen LogP) is 3.07. The van der Waals surface area contributed by atoms with Gasteiger partial charge >= 0.3 is 6.61 Å². The molecule has 6 nitrogen and oxygen atoms in total. The summed E-state index contributed by atoms with van der Waals surface area (Å²) in [4.78, 5) is 18.6. The first kappa shape index (κ1) is 19.7. The number of aromatic nitrogens is 1. The Morgan fingerprint density at radius 1 is 1.29 bits per heavy atom. The molecule has 0 amide bonds. The Labute approximate surface area is 179 Å². The number of alkyl halides is 2. The van der Waals surface area contributed by atoms with Crippen LogP contribution >= 0.6 is 11.3 Å². The Hall–Kier alpha value is -3.20. The minimum Gasteiger partial charge on any atom is -0.493 e. The number of thiazole rings is 1. The van der Waals surface area contributed by atoms with E-state index in [0.29, 0.717) is 21.3 Å². The number of para-hydroxylation sites is 1. The summed E-state index contributed by atoms with van der Waals surface area (Å²) in [6.45, 7) is -1.04. The molecule has 0 fully saturated rings. The molecule has 5 rings (SSSR count).